The van der Waals surface area contributed by atoms with E-state index in [4.69, 9.17) is 0 Å². The minimum atomic E-state index is 0.147. The molecule has 0 aliphatic rings. The zero-order valence-electron chi connectivity index (χ0n) is 17.7. The molecular weight excluding hydrogens is 338 g/mol. The van der Waals surface area contributed by atoms with Crippen molar-refractivity contribution in [3.05, 3.63) is 96.1 Å². The summed E-state index contributed by atoms with van der Waals surface area (Å²) < 4.78 is 0. The number of nitrogens with zero attached hydrogens (tertiary/aromatic N) is 1. The second-order valence-electron chi connectivity index (χ2n) is 8.67. The van der Waals surface area contributed by atoms with Gasteiger partial charge in [-0.05, 0) is 64.4 Å². The lowest BCUT2D eigenvalue weighted by molar-refractivity contribution is 0.590. The van der Waals surface area contributed by atoms with Gasteiger partial charge in [0, 0.05) is 17.1 Å². The highest BCUT2D eigenvalue weighted by molar-refractivity contribution is 5.77. The first kappa shape index (κ1) is 19.9. The van der Waals surface area contributed by atoms with Crippen LogP contribution in [0.5, 0.6) is 0 Å². The van der Waals surface area contributed by atoms with Crippen LogP contribution in [0.3, 0.4) is 0 Å². The van der Waals surface area contributed by atoms with E-state index in [2.05, 4.69) is 119 Å². The van der Waals surface area contributed by atoms with Gasteiger partial charge < -0.3 is 4.90 Å². The molecule has 0 amide bonds. The van der Waals surface area contributed by atoms with E-state index in [0.29, 0.717) is 5.92 Å². The molecule has 0 heterocycles. The van der Waals surface area contributed by atoms with Crippen molar-refractivity contribution in [2.24, 2.45) is 0 Å². The Bertz CT molecular complexity index is 908. The molecule has 3 rings (SSSR count). The van der Waals surface area contributed by atoms with Crippen molar-refractivity contribution in [3.63, 3.8) is 0 Å². The van der Waals surface area contributed by atoms with Gasteiger partial charge in [-0.2, -0.15) is 0 Å². The Labute approximate surface area is 170 Å². The topological polar surface area (TPSA) is 3.24 Å². The normalized spacial score (nSPS) is 11.5. The van der Waals surface area contributed by atoms with Crippen LogP contribution in [0.4, 0.5) is 17.1 Å². The minimum absolute atomic E-state index is 0.147. The number of rotatable bonds is 5. The fraction of sp³-hybridized carbons (Fsp3) is 0.259. The zero-order chi connectivity index (χ0) is 20.3. The molecule has 28 heavy (non-hydrogen) atoms. The van der Waals surface area contributed by atoms with E-state index in [1.54, 1.807) is 0 Å². The summed E-state index contributed by atoms with van der Waals surface area (Å²) in [6.45, 7) is 15.1. The van der Waals surface area contributed by atoms with Crippen molar-refractivity contribution < 1.29 is 0 Å². The maximum absolute atomic E-state index is 3.87. The molecule has 1 heteroatoms. The predicted molar refractivity (Wildman–Crippen MR) is 124 cm³/mol. The Balaban J connectivity index is 2.06. The molecule has 0 atom stereocenters. The van der Waals surface area contributed by atoms with E-state index in [9.17, 15) is 0 Å². The van der Waals surface area contributed by atoms with Gasteiger partial charge in [-0.15, -0.1) is 0 Å². The molecule has 0 unspecified atom stereocenters. The van der Waals surface area contributed by atoms with Crippen LogP contribution in [0.1, 0.15) is 57.2 Å². The van der Waals surface area contributed by atoms with E-state index in [1.807, 2.05) is 6.08 Å². The van der Waals surface area contributed by atoms with Crippen molar-refractivity contribution in [2.45, 2.75) is 46.0 Å². The first-order valence-corrected chi connectivity index (χ1v) is 10.0. The molecule has 1 nitrogen and oxygen atoms in total. The van der Waals surface area contributed by atoms with Gasteiger partial charge in [0.1, 0.15) is 0 Å². The van der Waals surface area contributed by atoms with Gasteiger partial charge in [-0.3, -0.25) is 0 Å². The van der Waals surface area contributed by atoms with Crippen LogP contribution in [-0.4, -0.2) is 0 Å². The summed E-state index contributed by atoms with van der Waals surface area (Å²) in [5.74, 6) is 0.528. The van der Waals surface area contributed by atoms with E-state index in [1.165, 1.54) is 16.8 Å². The zero-order valence-corrected chi connectivity index (χ0v) is 17.7. The molecule has 0 spiro atoms. The summed E-state index contributed by atoms with van der Waals surface area (Å²) in [7, 11) is 0. The van der Waals surface area contributed by atoms with Crippen LogP contribution in [-0.2, 0) is 5.41 Å². The quantitative estimate of drug-likeness (QED) is 0.438. The lowest BCUT2D eigenvalue weighted by atomic mass is 9.87. The largest absolute Gasteiger partial charge is 0.311 e. The fourth-order valence-corrected chi connectivity index (χ4v) is 3.33. The molecule has 144 valence electrons. The maximum Gasteiger partial charge on any atom is 0.0462 e. The van der Waals surface area contributed by atoms with Crippen LogP contribution in [0.25, 0.3) is 6.08 Å². The number of hydrogen-bond donors (Lipinski definition) is 0. The van der Waals surface area contributed by atoms with Crippen molar-refractivity contribution in [1.82, 2.24) is 0 Å². The molecule has 0 radical (unpaired) electrons. The molecule has 0 bridgehead atoms. The van der Waals surface area contributed by atoms with Crippen LogP contribution in [0.15, 0.2) is 79.4 Å². The third kappa shape index (κ3) is 4.36. The summed E-state index contributed by atoms with van der Waals surface area (Å²) in [6.07, 6.45) is 1.88. The van der Waals surface area contributed by atoms with Gasteiger partial charge in [0.05, 0.1) is 0 Å². The Morgan fingerprint density at radius 3 is 1.54 bits per heavy atom. The fourth-order valence-electron chi connectivity index (χ4n) is 3.33. The molecule has 0 saturated heterocycles. The third-order valence-electron chi connectivity index (χ3n) is 5.20. The SMILES string of the molecule is C=Cc1ccc(N(c2ccc(C(C)C)cc2)c2ccc(C(C)(C)C)cc2)cc1. The number of benzene rings is 3. The maximum atomic E-state index is 3.87. The Morgan fingerprint density at radius 1 is 0.714 bits per heavy atom. The van der Waals surface area contributed by atoms with Crippen molar-refractivity contribution >= 4 is 23.1 Å². The van der Waals surface area contributed by atoms with E-state index < -0.39 is 0 Å². The van der Waals surface area contributed by atoms with E-state index in [0.717, 1.165) is 16.9 Å². The molecule has 0 aromatic heterocycles. The van der Waals surface area contributed by atoms with Crippen molar-refractivity contribution in [3.8, 4) is 0 Å². The van der Waals surface area contributed by atoms with Gasteiger partial charge in [0.2, 0.25) is 0 Å². The second-order valence-corrected chi connectivity index (χ2v) is 8.67. The number of anilines is 3. The first-order chi connectivity index (χ1) is 13.3. The lowest BCUT2D eigenvalue weighted by Gasteiger charge is -2.27. The number of hydrogen-bond acceptors (Lipinski definition) is 1. The molecule has 3 aromatic rings. The van der Waals surface area contributed by atoms with Gasteiger partial charge in [-0.1, -0.05) is 83.7 Å². The van der Waals surface area contributed by atoms with Gasteiger partial charge in [-0.25, -0.2) is 0 Å². The molecular formula is C27H31N. The van der Waals surface area contributed by atoms with Gasteiger partial charge >= 0.3 is 0 Å². The van der Waals surface area contributed by atoms with Crippen LogP contribution in [0, 0.1) is 0 Å². The van der Waals surface area contributed by atoms with Crippen LogP contribution in [0.2, 0.25) is 0 Å². The predicted octanol–water partition coefficient (Wildman–Crippen LogP) is 8.22. The van der Waals surface area contributed by atoms with Crippen molar-refractivity contribution in [1.29, 1.82) is 0 Å². The summed E-state index contributed by atoms with van der Waals surface area (Å²) >= 11 is 0. The lowest BCUT2D eigenvalue weighted by Crippen LogP contribution is -2.13. The average molecular weight is 370 g/mol. The highest BCUT2D eigenvalue weighted by Gasteiger charge is 2.16. The summed E-state index contributed by atoms with van der Waals surface area (Å²) in [5, 5.41) is 0. The molecule has 0 N–H and O–H groups in total. The smallest absolute Gasteiger partial charge is 0.0462 e. The molecule has 3 aromatic carbocycles. The van der Waals surface area contributed by atoms with E-state index in [-0.39, 0.29) is 5.41 Å². The monoisotopic (exact) mass is 369 g/mol. The summed E-state index contributed by atoms with van der Waals surface area (Å²) in [6, 6.07) is 26.4. The molecule has 0 saturated carbocycles. The summed E-state index contributed by atoms with van der Waals surface area (Å²) in [5.41, 5.74) is 7.44. The second kappa shape index (κ2) is 8.06. The van der Waals surface area contributed by atoms with Gasteiger partial charge in [0.15, 0.2) is 0 Å². The minimum Gasteiger partial charge on any atom is -0.311 e. The van der Waals surface area contributed by atoms with Crippen molar-refractivity contribution in [2.75, 3.05) is 4.90 Å². The highest BCUT2D eigenvalue weighted by Crippen LogP contribution is 2.36. The molecule has 0 aliphatic heterocycles. The first-order valence-electron chi connectivity index (χ1n) is 10.0. The third-order valence-corrected chi connectivity index (χ3v) is 5.20. The molecule has 0 aliphatic carbocycles. The average Bonchev–Trinajstić information content (AvgIpc) is 2.69. The van der Waals surface area contributed by atoms with Crippen LogP contribution >= 0.6 is 0 Å². The standard InChI is InChI=1S/C27H31N/c1-7-21-8-14-24(15-9-21)28(25-16-10-22(11-17-25)20(2)3)26-18-12-23(13-19-26)27(4,5)6/h7-20H,1H2,2-6H3. The summed E-state index contributed by atoms with van der Waals surface area (Å²) in [4.78, 5) is 2.31. The van der Waals surface area contributed by atoms with Gasteiger partial charge in [0.25, 0.3) is 0 Å². The molecule has 0 fully saturated rings. The van der Waals surface area contributed by atoms with E-state index >= 15 is 0 Å². The Hall–Kier alpha value is -2.80. The van der Waals surface area contributed by atoms with Crippen LogP contribution < -0.4 is 4.90 Å². The highest BCUT2D eigenvalue weighted by atomic mass is 15.1. The Morgan fingerprint density at radius 2 is 1.14 bits per heavy atom. The Kier molecular flexibility index (Phi) is 5.74.